The summed E-state index contributed by atoms with van der Waals surface area (Å²) in [6.45, 7) is 6.45. The lowest BCUT2D eigenvalue weighted by atomic mass is 10.1. The summed E-state index contributed by atoms with van der Waals surface area (Å²) in [4.78, 5) is 39.6. The first-order valence-corrected chi connectivity index (χ1v) is 9.86. The topological polar surface area (TPSA) is 69.6 Å². The molecule has 28 heavy (non-hydrogen) atoms. The Hall–Kier alpha value is -2.80. The molecule has 1 fully saturated rings. The molecule has 1 aromatic heterocycles. The number of rotatable bonds is 6. The Bertz CT molecular complexity index is 822. The number of amides is 2. The van der Waals surface area contributed by atoms with Crippen molar-refractivity contribution in [2.75, 3.05) is 37.6 Å². The van der Waals surface area contributed by atoms with E-state index in [1.54, 1.807) is 36.7 Å². The first-order chi connectivity index (χ1) is 13.6. The number of anilines is 1. The van der Waals surface area contributed by atoms with Crippen LogP contribution in [0.15, 0.2) is 42.7 Å². The highest BCUT2D eigenvalue weighted by molar-refractivity contribution is 6.21. The molecule has 2 aliphatic rings. The summed E-state index contributed by atoms with van der Waals surface area (Å²) in [5, 5.41) is 0. The standard InChI is InChI=1S/C21H25N5O2/c1-16-15-25(21-22-9-6-10-23-21)14-13-24(16)11-4-5-12-26-19(27)17-7-2-3-8-18(17)20(26)28/h2-3,6-10,16H,4-5,11-15H2,1H3. The second-order valence-corrected chi connectivity index (χ2v) is 7.39. The van der Waals surface area contributed by atoms with Crippen molar-refractivity contribution in [1.82, 2.24) is 19.8 Å². The first kappa shape index (κ1) is 18.6. The maximum Gasteiger partial charge on any atom is 0.261 e. The van der Waals surface area contributed by atoms with E-state index in [0.717, 1.165) is 45.0 Å². The van der Waals surface area contributed by atoms with Gasteiger partial charge in [-0.15, -0.1) is 0 Å². The third-order valence-electron chi connectivity index (χ3n) is 5.56. The summed E-state index contributed by atoms with van der Waals surface area (Å²) in [5.74, 6) is 0.468. The van der Waals surface area contributed by atoms with Gasteiger partial charge in [-0.3, -0.25) is 19.4 Å². The largest absolute Gasteiger partial charge is 0.338 e. The first-order valence-electron chi connectivity index (χ1n) is 9.86. The van der Waals surface area contributed by atoms with Crippen molar-refractivity contribution in [3.05, 3.63) is 53.9 Å². The molecule has 7 nitrogen and oxygen atoms in total. The lowest BCUT2D eigenvalue weighted by Crippen LogP contribution is -2.52. The molecule has 2 aromatic rings. The number of piperazine rings is 1. The van der Waals surface area contributed by atoms with E-state index in [1.807, 2.05) is 6.07 Å². The van der Waals surface area contributed by atoms with E-state index >= 15 is 0 Å². The van der Waals surface area contributed by atoms with Crippen molar-refractivity contribution >= 4 is 17.8 Å². The molecule has 1 saturated heterocycles. The van der Waals surface area contributed by atoms with Crippen molar-refractivity contribution in [2.24, 2.45) is 0 Å². The molecule has 0 bridgehead atoms. The van der Waals surface area contributed by atoms with Gasteiger partial charge in [0.2, 0.25) is 5.95 Å². The Morgan fingerprint density at radius 1 is 0.929 bits per heavy atom. The average molecular weight is 379 g/mol. The highest BCUT2D eigenvalue weighted by atomic mass is 16.2. The number of carbonyl (C=O) groups excluding carboxylic acids is 2. The van der Waals surface area contributed by atoms with Crippen LogP contribution in [0, 0.1) is 0 Å². The van der Waals surface area contributed by atoms with Crippen LogP contribution in [0.1, 0.15) is 40.5 Å². The van der Waals surface area contributed by atoms with Crippen LogP contribution in [0.5, 0.6) is 0 Å². The quantitative estimate of drug-likeness (QED) is 0.565. The third-order valence-corrected chi connectivity index (χ3v) is 5.56. The molecule has 1 aromatic carbocycles. The number of nitrogens with zero attached hydrogens (tertiary/aromatic N) is 5. The van der Waals surface area contributed by atoms with Crippen molar-refractivity contribution in [2.45, 2.75) is 25.8 Å². The smallest absolute Gasteiger partial charge is 0.261 e. The normalized spacial score (nSPS) is 20.0. The van der Waals surface area contributed by atoms with Gasteiger partial charge >= 0.3 is 0 Å². The van der Waals surface area contributed by atoms with Crippen LogP contribution in [-0.4, -0.2) is 70.3 Å². The molecule has 0 aliphatic carbocycles. The summed E-state index contributed by atoms with van der Waals surface area (Å²) in [6.07, 6.45) is 5.33. The molecule has 2 aliphatic heterocycles. The Morgan fingerprint density at radius 2 is 1.57 bits per heavy atom. The molecule has 146 valence electrons. The molecule has 0 N–H and O–H groups in total. The van der Waals surface area contributed by atoms with Gasteiger partial charge in [-0.2, -0.15) is 0 Å². The summed E-state index contributed by atoms with van der Waals surface area (Å²) in [5.41, 5.74) is 1.06. The van der Waals surface area contributed by atoms with E-state index in [1.165, 1.54) is 4.90 Å². The Kier molecular flexibility index (Phi) is 5.34. The van der Waals surface area contributed by atoms with Gasteiger partial charge in [-0.05, 0) is 44.5 Å². The van der Waals surface area contributed by atoms with E-state index in [2.05, 4.69) is 26.7 Å². The fourth-order valence-corrected chi connectivity index (χ4v) is 3.99. The molecule has 2 amide bonds. The van der Waals surface area contributed by atoms with E-state index in [0.29, 0.717) is 23.7 Å². The Labute approximate surface area is 165 Å². The van der Waals surface area contributed by atoms with E-state index in [4.69, 9.17) is 0 Å². The lowest BCUT2D eigenvalue weighted by molar-refractivity contribution is 0.0649. The molecule has 1 atom stereocenters. The van der Waals surface area contributed by atoms with E-state index < -0.39 is 0 Å². The number of aromatic nitrogens is 2. The number of benzene rings is 1. The highest BCUT2D eigenvalue weighted by Crippen LogP contribution is 2.23. The van der Waals surface area contributed by atoms with Crippen LogP contribution < -0.4 is 4.90 Å². The van der Waals surface area contributed by atoms with Gasteiger partial charge in [0.05, 0.1) is 11.1 Å². The highest BCUT2D eigenvalue weighted by Gasteiger charge is 2.34. The van der Waals surface area contributed by atoms with Crippen molar-refractivity contribution in [3.8, 4) is 0 Å². The molecule has 0 spiro atoms. The van der Waals surface area contributed by atoms with Gasteiger partial charge in [0.15, 0.2) is 0 Å². The molecule has 0 radical (unpaired) electrons. The predicted molar refractivity (Wildman–Crippen MR) is 106 cm³/mol. The van der Waals surface area contributed by atoms with Crippen LogP contribution in [0.2, 0.25) is 0 Å². The third kappa shape index (κ3) is 3.62. The number of hydrogen-bond acceptors (Lipinski definition) is 6. The van der Waals surface area contributed by atoms with Gasteiger partial charge in [-0.1, -0.05) is 12.1 Å². The maximum absolute atomic E-state index is 12.4. The van der Waals surface area contributed by atoms with Crippen molar-refractivity contribution < 1.29 is 9.59 Å². The van der Waals surface area contributed by atoms with Crippen molar-refractivity contribution in [1.29, 1.82) is 0 Å². The molecular formula is C21H25N5O2. The summed E-state index contributed by atoms with van der Waals surface area (Å²) in [7, 11) is 0. The van der Waals surface area contributed by atoms with Crippen LogP contribution in [0.25, 0.3) is 0 Å². The number of fused-ring (bicyclic) bond motifs is 1. The van der Waals surface area contributed by atoms with Crippen LogP contribution in [-0.2, 0) is 0 Å². The lowest BCUT2D eigenvalue weighted by Gasteiger charge is -2.39. The number of hydrogen-bond donors (Lipinski definition) is 0. The predicted octanol–water partition coefficient (Wildman–Crippen LogP) is 2.06. The molecular weight excluding hydrogens is 354 g/mol. The van der Waals surface area contributed by atoms with E-state index in [9.17, 15) is 9.59 Å². The zero-order chi connectivity index (χ0) is 19.5. The minimum Gasteiger partial charge on any atom is -0.338 e. The van der Waals surface area contributed by atoms with Crippen LogP contribution in [0.4, 0.5) is 5.95 Å². The Morgan fingerprint density at radius 3 is 2.21 bits per heavy atom. The fourth-order valence-electron chi connectivity index (χ4n) is 3.99. The van der Waals surface area contributed by atoms with E-state index in [-0.39, 0.29) is 11.8 Å². The monoisotopic (exact) mass is 379 g/mol. The SMILES string of the molecule is CC1CN(c2ncccn2)CCN1CCCCN1C(=O)c2ccccc2C1=O. The fraction of sp³-hybridized carbons (Fsp3) is 0.429. The van der Waals surface area contributed by atoms with Crippen LogP contribution >= 0.6 is 0 Å². The number of unbranched alkanes of at least 4 members (excludes halogenated alkanes) is 1. The summed E-state index contributed by atoms with van der Waals surface area (Å²) < 4.78 is 0. The van der Waals surface area contributed by atoms with Crippen LogP contribution in [0.3, 0.4) is 0 Å². The second kappa shape index (κ2) is 8.06. The summed E-state index contributed by atoms with van der Waals surface area (Å²) in [6, 6.07) is 9.30. The van der Waals surface area contributed by atoms with Crippen molar-refractivity contribution in [3.63, 3.8) is 0 Å². The van der Waals surface area contributed by atoms with Gasteiger partial charge in [0.1, 0.15) is 0 Å². The maximum atomic E-state index is 12.4. The molecule has 1 unspecified atom stereocenters. The molecule has 4 rings (SSSR count). The molecule has 7 heteroatoms. The van der Waals surface area contributed by atoms with Gasteiger partial charge < -0.3 is 4.90 Å². The van der Waals surface area contributed by atoms with Gasteiger partial charge in [-0.25, -0.2) is 9.97 Å². The molecule has 3 heterocycles. The number of carbonyl (C=O) groups is 2. The molecule has 0 saturated carbocycles. The van der Waals surface area contributed by atoms with Gasteiger partial charge in [0, 0.05) is 44.6 Å². The second-order valence-electron chi connectivity index (χ2n) is 7.39. The number of imide groups is 1. The minimum absolute atomic E-state index is 0.162. The summed E-state index contributed by atoms with van der Waals surface area (Å²) >= 11 is 0. The van der Waals surface area contributed by atoms with Gasteiger partial charge in [0.25, 0.3) is 11.8 Å². The zero-order valence-corrected chi connectivity index (χ0v) is 16.1. The average Bonchev–Trinajstić information content (AvgIpc) is 2.97. The Balaban J connectivity index is 1.23. The zero-order valence-electron chi connectivity index (χ0n) is 16.1. The minimum atomic E-state index is -0.162.